The van der Waals surface area contributed by atoms with Crippen molar-refractivity contribution in [1.82, 2.24) is 4.90 Å². The molecule has 4 fully saturated rings. The van der Waals surface area contributed by atoms with Crippen LogP contribution in [0, 0.1) is 46.3 Å². The van der Waals surface area contributed by atoms with E-state index in [1.807, 2.05) is 25.8 Å². The minimum Gasteiger partial charge on any atom is -0.393 e. The Morgan fingerprint density at radius 1 is 1.03 bits per heavy atom. The lowest BCUT2D eigenvalue weighted by atomic mass is 9.45. The second kappa shape index (κ2) is 12.6. The van der Waals surface area contributed by atoms with E-state index in [-0.39, 0.29) is 23.5 Å². The monoisotopic (exact) mass is 491 g/mol. The van der Waals surface area contributed by atoms with Crippen LogP contribution in [-0.4, -0.2) is 41.4 Å². The molecule has 0 aromatic carbocycles. The molecule has 204 valence electrons. The molecule has 1 aliphatic heterocycles. The minimum atomic E-state index is -0.235. The molecule has 0 spiro atoms. The Balaban J connectivity index is 0.000000803. The number of aliphatic hydroxyl groups is 1. The summed E-state index contributed by atoms with van der Waals surface area (Å²) < 4.78 is 0. The van der Waals surface area contributed by atoms with Crippen LogP contribution in [0.4, 0.5) is 0 Å². The van der Waals surface area contributed by atoms with Gasteiger partial charge in [-0.15, -0.1) is 0 Å². The number of likely N-dealkylation sites (tertiary alicyclic amines) is 1. The van der Waals surface area contributed by atoms with E-state index in [0.717, 1.165) is 36.9 Å². The smallest absolute Gasteiger partial charge is 0.222 e. The van der Waals surface area contributed by atoms with Crippen LogP contribution < -0.4 is 0 Å². The second-order valence-corrected chi connectivity index (χ2v) is 12.9. The van der Waals surface area contributed by atoms with E-state index in [4.69, 9.17) is 4.79 Å². The summed E-state index contributed by atoms with van der Waals surface area (Å²) in [6.07, 6.45) is 12.4. The van der Waals surface area contributed by atoms with E-state index in [0.29, 0.717) is 29.6 Å². The Labute approximate surface area is 217 Å². The molecule has 0 aromatic rings. The van der Waals surface area contributed by atoms with Gasteiger partial charge < -0.3 is 14.8 Å². The third-order valence-corrected chi connectivity index (χ3v) is 10.8. The Kier molecular flexibility index (Phi) is 10.9. The van der Waals surface area contributed by atoms with Crippen LogP contribution in [0.25, 0.3) is 0 Å². The molecule has 0 bridgehead atoms. The van der Waals surface area contributed by atoms with Crippen molar-refractivity contribution in [2.75, 3.05) is 7.05 Å². The largest absolute Gasteiger partial charge is 0.393 e. The molecule has 1 amide bonds. The first-order chi connectivity index (χ1) is 16.5. The number of carbonyl (C=O) groups is 2. The number of aliphatic hydroxyl groups excluding tert-OH is 1. The molecule has 4 rings (SSSR count). The van der Waals surface area contributed by atoms with Crippen LogP contribution in [0.15, 0.2) is 0 Å². The molecule has 4 nitrogen and oxygen atoms in total. The molecule has 0 aromatic heterocycles. The van der Waals surface area contributed by atoms with Crippen molar-refractivity contribution in [3.63, 3.8) is 0 Å². The van der Waals surface area contributed by atoms with Crippen LogP contribution in [-0.2, 0) is 9.59 Å². The predicted octanol–water partition coefficient (Wildman–Crippen LogP) is 7.13. The maximum absolute atomic E-state index is 12.4. The van der Waals surface area contributed by atoms with E-state index in [9.17, 15) is 9.90 Å². The number of aldehydes is 1. The fraction of sp³-hybridized carbons (Fsp3) is 0.935. The van der Waals surface area contributed by atoms with Crippen molar-refractivity contribution in [2.24, 2.45) is 46.3 Å². The maximum atomic E-state index is 12.4. The fourth-order valence-corrected chi connectivity index (χ4v) is 9.11. The van der Waals surface area contributed by atoms with Gasteiger partial charge in [-0.25, -0.2) is 0 Å². The van der Waals surface area contributed by atoms with Gasteiger partial charge in [0.1, 0.15) is 6.29 Å². The second-order valence-electron chi connectivity index (χ2n) is 12.9. The van der Waals surface area contributed by atoms with E-state index in [1.54, 1.807) is 0 Å². The summed E-state index contributed by atoms with van der Waals surface area (Å²) in [5.74, 6) is 4.41. The first-order valence-corrected chi connectivity index (χ1v) is 14.8. The summed E-state index contributed by atoms with van der Waals surface area (Å²) >= 11 is 0. The summed E-state index contributed by atoms with van der Waals surface area (Å²) in [7, 11) is 1.98. The maximum Gasteiger partial charge on any atom is 0.222 e. The highest BCUT2D eigenvalue weighted by atomic mass is 16.3. The molecule has 35 heavy (non-hydrogen) atoms. The Morgan fingerprint density at radius 3 is 2.23 bits per heavy atom. The average Bonchev–Trinajstić information content (AvgIpc) is 3.17. The van der Waals surface area contributed by atoms with Gasteiger partial charge >= 0.3 is 0 Å². The van der Waals surface area contributed by atoms with Gasteiger partial charge in [0.2, 0.25) is 5.91 Å². The minimum absolute atomic E-state index is 0.189. The first-order valence-electron chi connectivity index (χ1n) is 14.8. The van der Waals surface area contributed by atoms with Gasteiger partial charge in [0, 0.05) is 19.5 Å². The molecule has 1 saturated heterocycles. The zero-order chi connectivity index (χ0) is 26.6. The quantitative estimate of drug-likeness (QED) is 0.416. The number of hydrogen-bond acceptors (Lipinski definition) is 3. The number of amides is 1. The lowest BCUT2D eigenvalue weighted by Crippen LogP contribution is -2.64. The Morgan fingerprint density at radius 2 is 1.63 bits per heavy atom. The predicted molar refractivity (Wildman–Crippen MR) is 146 cm³/mol. The molecule has 0 radical (unpaired) electrons. The van der Waals surface area contributed by atoms with Crippen molar-refractivity contribution < 1.29 is 14.7 Å². The number of piperidine rings is 1. The van der Waals surface area contributed by atoms with Crippen molar-refractivity contribution in [2.45, 2.75) is 132 Å². The highest BCUT2D eigenvalue weighted by Crippen LogP contribution is 2.67. The SMILES string of the molecule is CC.CC(C)CCCC(C)C1CCC2C3C(O)CC4N(C)C(=O)CC[C@]4(C)C3CC[C@]12C.CC=O. The molecular weight excluding hydrogens is 434 g/mol. The lowest BCUT2D eigenvalue weighted by molar-refractivity contribution is -0.181. The highest BCUT2D eigenvalue weighted by Gasteiger charge is 2.63. The lowest BCUT2D eigenvalue weighted by Gasteiger charge is -2.63. The van der Waals surface area contributed by atoms with Gasteiger partial charge in [0.25, 0.3) is 0 Å². The standard InChI is InChI=1S/C27H47NO2.C2H4O.C2H6/c1-17(2)8-7-9-18(3)19-10-11-20-25-21(12-14-26(19,20)4)27(5)15-13-24(30)28(6)23(27)16-22(25)29;1-2-3;1-2/h17-23,25,29H,7-16H2,1-6H3;2H,1H3;1-2H3/t18?,19?,20?,21?,22?,23?,25?,26-,27-;;/m1../s1. The average molecular weight is 492 g/mol. The summed E-state index contributed by atoms with van der Waals surface area (Å²) in [5, 5.41) is 11.4. The molecule has 3 saturated carbocycles. The van der Waals surface area contributed by atoms with Crippen LogP contribution in [0.1, 0.15) is 120 Å². The summed E-state index contributed by atoms with van der Waals surface area (Å²) in [6.45, 7) is 17.7. The number of fused-ring (bicyclic) bond motifs is 5. The number of nitrogens with zero attached hydrogens (tertiary/aromatic N) is 1. The summed E-state index contributed by atoms with van der Waals surface area (Å²) in [5.41, 5.74) is 0.591. The molecule has 3 aliphatic carbocycles. The van der Waals surface area contributed by atoms with Gasteiger partial charge in [-0.2, -0.15) is 0 Å². The van der Waals surface area contributed by atoms with Gasteiger partial charge in [-0.3, -0.25) is 4.79 Å². The van der Waals surface area contributed by atoms with Crippen LogP contribution in [0.2, 0.25) is 0 Å². The highest BCUT2D eigenvalue weighted by molar-refractivity contribution is 5.77. The van der Waals surface area contributed by atoms with E-state index in [2.05, 4.69) is 34.6 Å². The van der Waals surface area contributed by atoms with Crippen molar-refractivity contribution >= 4 is 12.2 Å². The van der Waals surface area contributed by atoms with Gasteiger partial charge in [0.15, 0.2) is 0 Å². The van der Waals surface area contributed by atoms with Crippen LogP contribution >= 0.6 is 0 Å². The zero-order valence-corrected chi connectivity index (χ0v) is 24.5. The van der Waals surface area contributed by atoms with E-state index < -0.39 is 0 Å². The molecule has 1 heterocycles. The topological polar surface area (TPSA) is 57.6 Å². The first kappa shape index (κ1) is 30.3. The van der Waals surface area contributed by atoms with Gasteiger partial charge in [-0.1, -0.05) is 67.7 Å². The Hall–Kier alpha value is -0.900. The normalized spacial score (nSPS) is 40.9. The van der Waals surface area contributed by atoms with E-state index in [1.165, 1.54) is 51.9 Å². The van der Waals surface area contributed by atoms with Crippen LogP contribution in [0.3, 0.4) is 0 Å². The summed E-state index contributed by atoms with van der Waals surface area (Å²) in [6, 6.07) is 0.228. The Bertz CT molecular complexity index is 693. The molecule has 1 N–H and O–H groups in total. The fourth-order valence-electron chi connectivity index (χ4n) is 9.11. The zero-order valence-electron chi connectivity index (χ0n) is 24.5. The number of hydrogen-bond donors (Lipinski definition) is 1. The van der Waals surface area contributed by atoms with Gasteiger partial charge in [0.05, 0.1) is 6.10 Å². The number of rotatable bonds is 5. The number of carbonyl (C=O) groups excluding carboxylic acids is 2. The van der Waals surface area contributed by atoms with Crippen LogP contribution in [0.5, 0.6) is 0 Å². The molecular formula is C31H57NO3. The van der Waals surface area contributed by atoms with Gasteiger partial charge in [-0.05, 0) is 91.8 Å². The van der Waals surface area contributed by atoms with Crippen molar-refractivity contribution in [1.29, 1.82) is 0 Å². The molecule has 4 aliphatic rings. The van der Waals surface area contributed by atoms with E-state index >= 15 is 0 Å². The summed E-state index contributed by atoms with van der Waals surface area (Å²) in [4.78, 5) is 23.2. The molecule has 9 atom stereocenters. The molecule has 4 heteroatoms. The molecule has 7 unspecified atom stereocenters. The van der Waals surface area contributed by atoms with Crippen molar-refractivity contribution in [3.8, 4) is 0 Å². The third kappa shape index (κ3) is 5.83. The third-order valence-electron chi connectivity index (χ3n) is 10.8. The van der Waals surface area contributed by atoms with Crippen molar-refractivity contribution in [3.05, 3.63) is 0 Å².